The van der Waals surface area contributed by atoms with Crippen molar-refractivity contribution >= 4 is 11.8 Å². The molecule has 2 aliphatic rings. The monoisotopic (exact) mass is 315 g/mol. The van der Waals surface area contributed by atoms with Gasteiger partial charge >= 0.3 is 0 Å². The largest absolute Gasteiger partial charge is 0.353 e. The lowest BCUT2D eigenvalue weighted by molar-refractivity contribution is -0.134. The van der Waals surface area contributed by atoms with Crippen LogP contribution in [0.2, 0.25) is 0 Å². The van der Waals surface area contributed by atoms with E-state index < -0.39 is 0 Å². The third kappa shape index (κ3) is 4.79. The van der Waals surface area contributed by atoms with Crippen molar-refractivity contribution in [2.45, 2.75) is 44.2 Å². The van der Waals surface area contributed by atoms with Crippen molar-refractivity contribution < 1.29 is 9.59 Å². The third-order valence-corrected chi connectivity index (χ3v) is 4.52. The predicted molar refractivity (Wildman–Crippen MR) is 88.9 cm³/mol. The van der Waals surface area contributed by atoms with Crippen LogP contribution in [0.3, 0.4) is 0 Å². The molecule has 124 valence electrons. The van der Waals surface area contributed by atoms with Crippen LogP contribution >= 0.6 is 0 Å². The average Bonchev–Trinajstić information content (AvgIpc) is 3.35. The zero-order chi connectivity index (χ0) is 16.1. The first kappa shape index (κ1) is 16.0. The zero-order valence-electron chi connectivity index (χ0n) is 13.5. The van der Waals surface area contributed by atoms with E-state index in [0.29, 0.717) is 12.6 Å². The van der Waals surface area contributed by atoms with Crippen LogP contribution in [-0.2, 0) is 16.0 Å². The molecule has 1 aliphatic heterocycles. The second kappa shape index (κ2) is 7.59. The lowest BCUT2D eigenvalue weighted by Crippen LogP contribution is -2.56. The normalized spacial score (nSPS) is 21.7. The highest BCUT2D eigenvalue weighted by atomic mass is 16.2. The Morgan fingerprint density at radius 2 is 2.04 bits per heavy atom. The van der Waals surface area contributed by atoms with Gasteiger partial charge in [-0.05, 0) is 37.8 Å². The van der Waals surface area contributed by atoms with Crippen LogP contribution in [0, 0.1) is 0 Å². The van der Waals surface area contributed by atoms with E-state index in [0.717, 1.165) is 38.8 Å². The number of hydrogen-bond acceptors (Lipinski definition) is 3. The molecule has 5 nitrogen and oxygen atoms in total. The fourth-order valence-electron chi connectivity index (χ4n) is 3.07. The Kier molecular flexibility index (Phi) is 5.28. The molecule has 1 atom stereocenters. The highest BCUT2D eigenvalue weighted by Crippen LogP contribution is 2.19. The number of nitrogens with zero attached hydrogens (tertiary/aromatic N) is 1. The Morgan fingerprint density at radius 1 is 1.26 bits per heavy atom. The molecule has 5 heteroatoms. The summed E-state index contributed by atoms with van der Waals surface area (Å²) in [7, 11) is 0. The van der Waals surface area contributed by atoms with Gasteiger partial charge in [0.1, 0.15) is 0 Å². The number of piperazine rings is 1. The Hall–Kier alpha value is -1.88. The summed E-state index contributed by atoms with van der Waals surface area (Å²) >= 11 is 0. The van der Waals surface area contributed by atoms with Crippen LogP contribution in [-0.4, -0.2) is 48.4 Å². The van der Waals surface area contributed by atoms with Gasteiger partial charge in [-0.15, -0.1) is 0 Å². The second-order valence-electron chi connectivity index (χ2n) is 6.48. The average molecular weight is 315 g/mol. The van der Waals surface area contributed by atoms with E-state index in [1.54, 1.807) is 0 Å². The van der Waals surface area contributed by atoms with Crippen LogP contribution in [0.25, 0.3) is 0 Å². The Labute approximate surface area is 137 Å². The second-order valence-corrected chi connectivity index (χ2v) is 6.48. The van der Waals surface area contributed by atoms with E-state index in [9.17, 15) is 9.59 Å². The maximum atomic E-state index is 12.1. The number of amides is 2. The lowest BCUT2D eigenvalue weighted by atomic mass is 10.1. The predicted octanol–water partition coefficient (Wildman–Crippen LogP) is 1.09. The minimum absolute atomic E-state index is 0.00242. The van der Waals surface area contributed by atoms with Crippen molar-refractivity contribution in [2.24, 2.45) is 0 Å². The fourth-order valence-corrected chi connectivity index (χ4v) is 3.07. The maximum Gasteiger partial charge on any atom is 0.237 e. The first-order chi connectivity index (χ1) is 11.2. The third-order valence-electron chi connectivity index (χ3n) is 4.52. The van der Waals surface area contributed by atoms with Crippen molar-refractivity contribution in [3.05, 3.63) is 35.9 Å². The van der Waals surface area contributed by atoms with Crippen molar-refractivity contribution in [2.75, 3.05) is 19.6 Å². The molecule has 1 heterocycles. The molecule has 1 aromatic carbocycles. The molecule has 3 rings (SSSR count). The van der Waals surface area contributed by atoms with Crippen LogP contribution in [0.4, 0.5) is 0 Å². The zero-order valence-corrected chi connectivity index (χ0v) is 13.5. The first-order valence-electron chi connectivity index (χ1n) is 8.57. The number of benzene rings is 1. The molecule has 2 amide bonds. The molecule has 2 fully saturated rings. The molecule has 1 aliphatic carbocycles. The molecule has 0 radical (unpaired) electrons. The van der Waals surface area contributed by atoms with Gasteiger partial charge in [0.2, 0.25) is 11.8 Å². The van der Waals surface area contributed by atoms with Crippen LogP contribution in [0.5, 0.6) is 0 Å². The van der Waals surface area contributed by atoms with Gasteiger partial charge in [-0.3, -0.25) is 14.5 Å². The van der Waals surface area contributed by atoms with Gasteiger partial charge in [0.05, 0.1) is 12.5 Å². The molecule has 0 unspecified atom stereocenters. The molecule has 23 heavy (non-hydrogen) atoms. The summed E-state index contributed by atoms with van der Waals surface area (Å²) in [4.78, 5) is 26.3. The van der Waals surface area contributed by atoms with Crippen molar-refractivity contribution in [1.29, 1.82) is 0 Å². The number of carbonyl (C=O) groups excluding carboxylic acids is 2. The van der Waals surface area contributed by atoms with E-state index in [4.69, 9.17) is 0 Å². The summed E-state index contributed by atoms with van der Waals surface area (Å²) < 4.78 is 0. The number of hydrogen-bond donors (Lipinski definition) is 2. The standard InChI is InChI=1S/C18H25N3O2/c22-17(20-15-8-9-15)13-16-18(23)19-10-12-21(16)11-4-7-14-5-2-1-3-6-14/h1-3,5-6,15-16H,4,7-13H2,(H,19,23)(H,20,22)/t16-/m1/s1. The van der Waals surface area contributed by atoms with Crippen LogP contribution < -0.4 is 10.6 Å². The number of carbonyl (C=O) groups is 2. The summed E-state index contributed by atoms with van der Waals surface area (Å²) in [5.41, 5.74) is 1.32. The number of rotatable bonds is 7. The van der Waals surface area contributed by atoms with Gasteiger partial charge < -0.3 is 10.6 Å². The minimum atomic E-state index is -0.321. The van der Waals surface area contributed by atoms with Gasteiger partial charge in [-0.1, -0.05) is 30.3 Å². The SMILES string of the molecule is O=C(C[C@@H]1C(=O)NCCN1CCCc1ccccc1)NC1CC1. The first-order valence-corrected chi connectivity index (χ1v) is 8.57. The van der Waals surface area contributed by atoms with Gasteiger partial charge in [-0.25, -0.2) is 0 Å². The van der Waals surface area contributed by atoms with E-state index in [1.165, 1.54) is 5.56 Å². The molecule has 1 saturated heterocycles. The summed E-state index contributed by atoms with van der Waals surface area (Å²) in [5.74, 6) is -0.00971. The van der Waals surface area contributed by atoms with Crippen molar-refractivity contribution in [1.82, 2.24) is 15.5 Å². The Morgan fingerprint density at radius 3 is 2.78 bits per heavy atom. The number of nitrogens with one attached hydrogen (secondary N) is 2. The summed E-state index contributed by atoms with van der Waals surface area (Å²) in [6.07, 6.45) is 4.42. The van der Waals surface area contributed by atoms with Gasteiger partial charge in [0, 0.05) is 19.1 Å². The van der Waals surface area contributed by atoms with E-state index in [-0.39, 0.29) is 24.3 Å². The smallest absolute Gasteiger partial charge is 0.237 e. The van der Waals surface area contributed by atoms with E-state index in [1.807, 2.05) is 6.07 Å². The molecule has 0 aromatic heterocycles. The lowest BCUT2D eigenvalue weighted by Gasteiger charge is -2.34. The fraction of sp³-hybridized carbons (Fsp3) is 0.556. The molecular formula is C18H25N3O2. The summed E-state index contributed by atoms with van der Waals surface area (Å²) in [6, 6.07) is 10.4. The molecule has 0 bridgehead atoms. The molecule has 1 aromatic rings. The van der Waals surface area contributed by atoms with Gasteiger partial charge in [-0.2, -0.15) is 0 Å². The molecule has 0 spiro atoms. The summed E-state index contributed by atoms with van der Waals surface area (Å²) in [5, 5.41) is 5.86. The molecule has 2 N–H and O–H groups in total. The highest BCUT2D eigenvalue weighted by molar-refractivity contribution is 5.89. The van der Waals surface area contributed by atoms with E-state index in [2.05, 4.69) is 39.8 Å². The van der Waals surface area contributed by atoms with Crippen LogP contribution in [0.15, 0.2) is 30.3 Å². The topological polar surface area (TPSA) is 61.4 Å². The Bertz CT molecular complexity index is 542. The van der Waals surface area contributed by atoms with Crippen molar-refractivity contribution in [3.63, 3.8) is 0 Å². The summed E-state index contributed by atoms with van der Waals surface area (Å²) in [6.45, 7) is 2.34. The Balaban J connectivity index is 1.50. The van der Waals surface area contributed by atoms with Gasteiger partial charge in [0.15, 0.2) is 0 Å². The molecular weight excluding hydrogens is 290 g/mol. The van der Waals surface area contributed by atoms with Crippen molar-refractivity contribution in [3.8, 4) is 0 Å². The quantitative estimate of drug-likeness (QED) is 0.792. The maximum absolute atomic E-state index is 12.1. The number of aryl methyl sites for hydroxylation is 1. The van der Waals surface area contributed by atoms with Gasteiger partial charge in [0.25, 0.3) is 0 Å². The van der Waals surface area contributed by atoms with E-state index >= 15 is 0 Å². The van der Waals surface area contributed by atoms with Crippen LogP contribution in [0.1, 0.15) is 31.2 Å². The molecule has 1 saturated carbocycles. The highest BCUT2D eigenvalue weighted by Gasteiger charge is 2.32. The minimum Gasteiger partial charge on any atom is -0.353 e.